The van der Waals surface area contributed by atoms with Crippen molar-refractivity contribution in [1.29, 1.82) is 0 Å². The van der Waals surface area contributed by atoms with E-state index in [-0.39, 0.29) is 19.7 Å². The zero-order valence-electron chi connectivity index (χ0n) is 11.1. The predicted octanol–water partition coefficient (Wildman–Crippen LogP) is 0.302. The van der Waals surface area contributed by atoms with Gasteiger partial charge in [-0.1, -0.05) is 0 Å². The molecule has 0 heterocycles. The number of nitrogens with one attached hydrogen (secondary N) is 1. The number of ether oxygens (including phenoxy) is 1. The number of carbonyl (C=O) groups excluding carboxylic acids is 2. The Kier molecular flexibility index (Phi) is 6.15. The summed E-state index contributed by atoms with van der Waals surface area (Å²) < 4.78 is 4.69. The largest absolute Gasteiger partial charge is 0.481 e. The highest BCUT2D eigenvalue weighted by Gasteiger charge is 2.28. The predicted molar refractivity (Wildman–Crippen MR) is 64.1 cm³/mol. The molecule has 0 aliphatic heterocycles. The van der Waals surface area contributed by atoms with Gasteiger partial charge in [-0.15, -0.1) is 0 Å². The standard InChI is InChI=1S/C11H20N2O5/c1-5-18-8(14)6-13(4)10(17)12-7-11(2,3)9(15)16/h5-7H2,1-4H3,(H,12,17)(H,15,16). The lowest BCUT2D eigenvalue weighted by molar-refractivity contribution is -0.147. The topological polar surface area (TPSA) is 95.9 Å². The van der Waals surface area contributed by atoms with Crippen LogP contribution in [-0.2, 0) is 14.3 Å². The first-order valence-corrected chi connectivity index (χ1v) is 5.58. The number of rotatable bonds is 6. The molecule has 0 bridgehead atoms. The smallest absolute Gasteiger partial charge is 0.325 e. The van der Waals surface area contributed by atoms with E-state index in [1.807, 2.05) is 0 Å². The van der Waals surface area contributed by atoms with Crippen LogP contribution in [0.3, 0.4) is 0 Å². The number of esters is 1. The highest BCUT2D eigenvalue weighted by atomic mass is 16.5. The van der Waals surface area contributed by atoms with Gasteiger partial charge < -0.3 is 20.1 Å². The Bertz CT molecular complexity index is 327. The second kappa shape index (κ2) is 6.83. The van der Waals surface area contributed by atoms with Crippen LogP contribution in [0.1, 0.15) is 20.8 Å². The molecule has 0 aromatic carbocycles. The first-order chi connectivity index (χ1) is 8.20. The van der Waals surface area contributed by atoms with Gasteiger partial charge in [0.25, 0.3) is 0 Å². The van der Waals surface area contributed by atoms with E-state index in [1.54, 1.807) is 6.92 Å². The van der Waals surface area contributed by atoms with Crippen LogP contribution in [0.5, 0.6) is 0 Å². The second-order valence-electron chi connectivity index (χ2n) is 4.51. The van der Waals surface area contributed by atoms with E-state index < -0.39 is 23.4 Å². The number of carbonyl (C=O) groups is 3. The lowest BCUT2D eigenvalue weighted by Crippen LogP contribution is -2.45. The fraction of sp³-hybridized carbons (Fsp3) is 0.727. The molecule has 2 amide bonds. The molecule has 0 unspecified atom stereocenters. The monoisotopic (exact) mass is 260 g/mol. The van der Waals surface area contributed by atoms with E-state index in [0.29, 0.717) is 0 Å². The van der Waals surface area contributed by atoms with Gasteiger partial charge in [0.15, 0.2) is 0 Å². The molecule has 0 aromatic rings. The van der Waals surface area contributed by atoms with Crippen LogP contribution in [0.4, 0.5) is 4.79 Å². The zero-order valence-corrected chi connectivity index (χ0v) is 11.1. The van der Waals surface area contributed by atoms with Crippen LogP contribution in [0.25, 0.3) is 0 Å². The van der Waals surface area contributed by atoms with E-state index in [1.165, 1.54) is 20.9 Å². The number of carboxylic acids is 1. The third-order valence-corrected chi connectivity index (χ3v) is 2.28. The number of carboxylic acid groups (broad SMARTS) is 1. The van der Waals surface area contributed by atoms with Crippen molar-refractivity contribution in [1.82, 2.24) is 10.2 Å². The summed E-state index contributed by atoms with van der Waals surface area (Å²) in [6, 6.07) is -0.516. The zero-order chi connectivity index (χ0) is 14.3. The van der Waals surface area contributed by atoms with Crippen molar-refractivity contribution >= 4 is 18.0 Å². The number of aliphatic carboxylic acids is 1. The van der Waals surface area contributed by atoms with Crippen LogP contribution in [0.2, 0.25) is 0 Å². The van der Waals surface area contributed by atoms with Crippen molar-refractivity contribution in [3.63, 3.8) is 0 Å². The first kappa shape index (κ1) is 16.2. The summed E-state index contributed by atoms with van der Waals surface area (Å²) in [5, 5.41) is 11.3. The molecule has 0 atom stereocenters. The minimum atomic E-state index is -1.06. The van der Waals surface area contributed by atoms with Crippen molar-refractivity contribution < 1.29 is 24.2 Å². The summed E-state index contributed by atoms with van der Waals surface area (Å²) in [4.78, 5) is 34.7. The SMILES string of the molecule is CCOC(=O)CN(C)C(=O)NCC(C)(C)C(=O)O. The number of hydrogen-bond donors (Lipinski definition) is 2. The van der Waals surface area contributed by atoms with Crippen molar-refractivity contribution in [2.45, 2.75) is 20.8 Å². The van der Waals surface area contributed by atoms with Gasteiger partial charge in [-0.05, 0) is 20.8 Å². The summed E-state index contributed by atoms with van der Waals surface area (Å²) >= 11 is 0. The normalized spacial score (nSPS) is 10.7. The van der Waals surface area contributed by atoms with E-state index >= 15 is 0 Å². The van der Waals surface area contributed by atoms with Crippen LogP contribution < -0.4 is 5.32 Å². The Hall–Kier alpha value is -1.79. The van der Waals surface area contributed by atoms with Crippen LogP contribution in [-0.4, -0.2) is 54.7 Å². The highest BCUT2D eigenvalue weighted by Crippen LogP contribution is 2.13. The summed E-state index contributed by atoms with van der Waals surface area (Å²) in [6.07, 6.45) is 0. The van der Waals surface area contributed by atoms with Gasteiger partial charge in [0.05, 0.1) is 12.0 Å². The second-order valence-corrected chi connectivity index (χ2v) is 4.51. The molecule has 18 heavy (non-hydrogen) atoms. The summed E-state index contributed by atoms with van der Waals surface area (Å²) in [7, 11) is 1.43. The van der Waals surface area contributed by atoms with Gasteiger partial charge in [0, 0.05) is 13.6 Å². The molecule has 0 spiro atoms. The Morgan fingerprint density at radius 3 is 2.33 bits per heavy atom. The van der Waals surface area contributed by atoms with Gasteiger partial charge in [-0.25, -0.2) is 4.79 Å². The van der Waals surface area contributed by atoms with Gasteiger partial charge >= 0.3 is 18.0 Å². The minimum absolute atomic E-state index is 0.0195. The number of hydrogen-bond acceptors (Lipinski definition) is 4. The molecule has 2 N–H and O–H groups in total. The van der Waals surface area contributed by atoms with Crippen LogP contribution >= 0.6 is 0 Å². The Morgan fingerprint density at radius 2 is 1.89 bits per heavy atom. The number of likely N-dealkylation sites (N-methyl/N-ethyl adjacent to an activating group) is 1. The lowest BCUT2D eigenvalue weighted by atomic mass is 9.94. The summed E-state index contributed by atoms with van der Waals surface area (Å²) in [5.74, 6) is -1.51. The van der Waals surface area contributed by atoms with Gasteiger partial charge in [0.2, 0.25) is 0 Å². The molecule has 0 radical (unpaired) electrons. The third kappa shape index (κ3) is 5.51. The quantitative estimate of drug-likeness (QED) is 0.670. The summed E-state index contributed by atoms with van der Waals surface area (Å²) in [6.45, 7) is 4.73. The molecule has 104 valence electrons. The molecule has 0 aromatic heterocycles. The van der Waals surface area contributed by atoms with E-state index in [4.69, 9.17) is 9.84 Å². The fourth-order valence-corrected chi connectivity index (χ4v) is 0.979. The molecule has 7 heteroatoms. The maximum atomic E-state index is 11.6. The Labute approximate surface area is 106 Å². The summed E-state index contributed by atoms with van der Waals surface area (Å²) in [5.41, 5.74) is -1.06. The molecule has 0 aliphatic carbocycles. The van der Waals surface area contributed by atoms with Crippen molar-refractivity contribution in [3.05, 3.63) is 0 Å². The minimum Gasteiger partial charge on any atom is -0.481 e. The number of nitrogens with zero attached hydrogens (tertiary/aromatic N) is 1. The molecule has 0 fully saturated rings. The number of urea groups is 1. The maximum Gasteiger partial charge on any atom is 0.325 e. The molecule has 0 saturated carbocycles. The molecule has 0 aliphatic rings. The Balaban J connectivity index is 4.17. The highest BCUT2D eigenvalue weighted by molar-refractivity contribution is 5.81. The van der Waals surface area contributed by atoms with E-state index in [2.05, 4.69) is 5.32 Å². The van der Waals surface area contributed by atoms with E-state index in [9.17, 15) is 14.4 Å². The average Bonchev–Trinajstić information content (AvgIpc) is 2.25. The molecular formula is C11H20N2O5. The molecular weight excluding hydrogens is 240 g/mol. The van der Waals surface area contributed by atoms with Crippen molar-refractivity contribution in [2.75, 3.05) is 26.7 Å². The molecule has 0 rings (SSSR count). The first-order valence-electron chi connectivity index (χ1n) is 5.58. The van der Waals surface area contributed by atoms with E-state index in [0.717, 1.165) is 4.90 Å². The Morgan fingerprint density at radius 1 is 1.33 bits per heavy atom. The maximum absolute atomic E-state index is 11.6. The van der Waals surface area contributed by atoms with Gasteiger partial charge in [-0.2, -0.15) is 0 Å². The van der Waals surface area contributed by atoms with Gasteiger partial charge in [0.1, 0.15) is 6.54 Å². The van der Waals surface area contributed by atoms with Crippen molar-refractivity contribution in [2.24, 2.45) is 5.41 Å². The van der Waals surface area contributed by atoms with Crippen LogP contribution in [0, 0.1) is 5.41 Å². The average molecular weight is 260 g/mol. The van der Waals surface area contributed by atoms with Crippen LogP contribution in [0.15, 0.2) is 0 Å². The van der Waals surface area contributed by atoms with Gasteiger partial charge in [-0.3, -0.25) is 9.59 Å². The molecule has 0 saturated heterocycles. The fourth-order valence-electron chi connectivity index (χ4n) is 0.979. The third-order valence-electron chi connectivity index (χ3n) is 2.28. The van der Waals surface area contributed by atoms with Crippen molar-refractivity contribution in [3.8, 4) is 0 Å². The lowest BCUT2D eigenvalue weighted by Gasteiger charge is -2.22. The number of amides is 2. The molecule has 7 nitrogen and oxygen atoms in total.